The average molecular weight is 500 g/mol. The molecule has 0 saturated carbocycles. The number of carbonyl (C=O) groups is 2. The zero-order valence-electron chi connectivity index (χ0n) is 18.7. The van der Waals surface area contributed by atoms with Gasteiger partial charge in [0.05, 0.1) is 31.8 Å². The monoisotopic (exact) mass is 499 g/mol. The molecule has 1 saturated heterocycles. The SMILES string of the molecule is Cl.[C-]#[N+]C1=C(COC=O)C(c2ccc(C(F)(F)F)cc2)C(C(=O)OC)=C(CN2CCCC2)N1C. The first-order chi connectivity index (χ1) is 15.7. The lowest BCUT2D eigenvalue weighted by atomic mass is 9.80. The summed E-state index contributed by atoms with van der Waals surface area (Å²) in [6, 6.07) is 4.41. The fraction of sp³-hybridized carbons (Fsp3) is 0.435. The largest absolute Gasteiger partial charge is 0.466 e. The first-order valence-corrected chi connectivity index (χ1v) is 10.3. The van der Waals surface area contributed by atoms with Gasteiger partial charge in [-0.3, -0.25) is 14.6 Å². The number of likely N-dealkylation sites (tertiary alicyclic amines) is 1. The molecule has 1 aromatic carbocycles. The fourth-order valence-electron chi connectivity index (χ4n) is 4.33. The summed E-state index contributed by atoms with van der Waals surface area (Å²) in [6.45, 7) is 9.69. The fourth-order valence-corrected chi connectivity index (χ4v) is 4.33. The number of esters is 1. The van der Waals surface area contributed by atoms with E-state index in [1.54, 1.807) is 11.9 Å². The lowest BCUT2D eigenvalue weighted by Crippen LogP contribution is -2.37. The molecule has 7 nitrogen and oxygen atoms in total. The molecular formula is C23H25ClF3N3O4. The topological polar surface area (TPSA) is 63.4 Å². The number of ether oxygens (including phenoxy) is 2. The molecule has 2 aliphatic rings. The van der Waals surface area contributed by atoms with Crippen LogP contribution in [0.3, 0.4) is 0 Å². The minimum atomic E-state index is -4.52. The van der Waals surface area contributed by atoms with Gasteiger partial charge >= 0.3 is 12.1 Å². The van der Waals surface area contributed by atoms with Gasteiger partial charge in [-0.15, -0.1) is 12.4 Å². The molecule has 1 aromatic rings. The summed E-state index contributed by atoms with van der Waals surface area (Å²) in [6.07, 6.45) is -2.50. The van der Waals surface area contributed by atoms with Crippen LogP contribution in [0.15, 0.2) is 46.9 Å². The Morgan fingerprint density at radius 3 is 2.35 bits per heavy atom. The third-order valence-corrected chi connectivity index (χ3v) is 5.92. The molecule has 0 spiro atoms. The van der Waals surface area contributed by atoms with E-state index in [1.165, 1.54) is 19.2 Å². The molecule has 0 N–H and O–H groups in total. The molecule has 0 aromatic heterocycles. The van der Waals surface area contributed by atoms with Gasteiger partial charge in [-0.25, -0.2) is 4.79 Å². The molecule has 3 rings (SSSR count). The highest BCUT2D eigenvalue weighted by Gasteiger charge is 2.41. The quantitative estimate of drug-likeness (QED) is 0.321. The van der Waals surface area contributed by atoms with Crippen LogP contribution in [0.5, 0.6) is 0 Å². The number of rotatable bonds is 7. The molecular weight excluding hydrogens is 475 g/mol. The van der Waals surface area contributed by atoms with Crippen molar-refractivity contribution in [3.8, 4) is 0 Å². The van der Waals surface area contributed by atoms with Crippen LogP contribution in [0.4, 0.5) is 13.2 Å². The second-order valence-electron chi connectivity index (χ2n) is 7.81. The van der Waals surface area contributed by atoms with Gasteiger partial charge in [0.1, 0.15) is 12.3 Å². The molecule has 1 unspecified atom stereocenters. The number of nitrogens with zero attached hydrogens (tertiary/aromatic N) is 3. The average Bonchev–Trinajstić information content (AvgIpc) is 3.31. The van der Waals surface area contributed by atoms with Crippen LogP contribution in [0, 0.1) is 6.57 Å². The predicted molar refractivity (Wildman–Crippen MR) is 120 cm³/mol. The van der Waals surface area contributed by atoms with Crippen LogP contribution in [0.2, 0.25) is 0 Å². The Kier molecular flexibility index (Phi) is 9.13. The first kappa shape index (κ1) is 27.2. The molecule has 1 fully saturated rings. The van der Waals surface area contributed by atoms with E-state index in [2.05, 4.69) is 9.74 Å². The van der Waals surface area contributed by atoms with E-state index >= 15 is 0 Å². The molecule has 184 valence electrons. The Hall–Kier alpha value is -3.03. The second kappa shape index (κ2) is 11.4. The lowest BCUT2D eigenvalue weighted by Gasteiger charge is -2.36. The molecule has 0 aliphatic carbocycles. The standard InChI is InChI=1S/C23H24F3N3O4.ClH/c1-27-21-17(13-33-14-30)19(15-6-8-16(9-7-15)23(24,25)26)20(22(31)32-3)18(28(21)2)12-29-10-4-5-11-29;/h6-9,14,19H,4-5,10-13H2,2-3H3;1H. The van der Waals surface area contributed by atoms with Gasteiger partial charge in [-0.2, -0.15) is 13.2 Å². The van der Waals surface area contributed by atoms with Gasteiger partial charge in [0.2, 0.25) is 5.82 Å². The Bertz CT molecular complexity index is 1010. The first-order valence-electron chi connectivity index (χ1n) is 10.3. The molecule has 0 radical (unpaired) electrons. The molecule has 1 atom stereocenters. The highest BCUT2D eigenvalue weighted by atomic mass is 35.5. The minimum absolute atomic E-state index is 0. The van der Waals surface area contributed by atoms with Crippen LogP contribution in [-0.2, 0) is 25.2 Å². The Balaban J connectivity index is 0.00000408. The zero-order chi connectivity index (χ0) is 24.2. The van der Waals surface area contributed by atoms with Crippen molar-refractivity contribution in [2.24, 2.45) is 0 Å². The maximum Gasteiger partial charge on any atom is 0.416 e. The summed E-state index contributed by atoms with van der Waals surface area (Å²) in [7, 11) is 2.87. The van der Waals surface area contributed by atoms with Gasteiger partial charge in [-0.05, 0) is 43.6 Å². The van der Waals surface area contributed by atoms with E-state index in [-0.39, 0.29) is 36.9 Å². The number of halogens is 4. The number of hydrogen-bond acceptors (Lipinski definition) is 6. The van der Waals surface area contributed by atoms with Gasteiger partial charge in [0, 0.05) is 11.5 Å². The summed E-state index contributed by atoms with van der Waals surface area (Å²) < 4.78 is 49.3. The van der Waals surface area contributed by atoms with Gasteiger partial charge in [-0.1, -0.05) is 18.7 Å². The third-order valence-electron chi connectivity index (χ3n) is 5.92. The van der Waals surface area contributed by atoms with Crippen molar-refractivity contribution >= 4 is 24.8 Å². The summed E-state index contributed by atoms with van der Waals surface area (Å²) in [4.78, 5) is 31.3. The third kappa shape index (κ3) is 5.54. The van der Waals surface area contributed by atoms with Crippen molar-refractivity contribution in [3.63, 3.8) is 0 Å². The van der Waals surface area contributed by atoms with Crippen molar-refractivity contribution in [2.45, 2.75) is 24.9 Å². The Labute approximate surface area is 202 Å². The van der Waals surface area contributed by atoms with E-state index in [4.69, 9.17) is 16.0 Å². The van der Waals surface area contributed by atoms with Crippen molar-refractivity contribution < 1.29 is 32.2 Å². The Morgan fingerprint density at radius 2 is 1.85 bits per heavy atom. The summed E-state index contributed by atoms with van der Waals surface area (Å²) in [5, 5.41) is 0. The highest BCUT2D eigenvalue weighted by Crippen LogP contribution is 2.43. The number of alkyl halides is 3. The number of methoxy groups -OCH3 is 1. The highest BCUT2D eigenvalue weighted by molar-refractivity contribution is 5.93. The zero-order valence-corrected chi connectivity index (χ0v) is 19.5. The van der Waals surface area contributed by atoms with E-state index in [0.29, 0.717) is 23.4 Å². The molecule has 11 heteroatoms. The molecule has 34 heavy (non-hydrogen) atoms. The summed E-state index contributed by atoms with van der Waals surface area (Å²) in [5.74, 6) is -1.41. The van der Waals surface area contributed by atoms with Crippen molar-refractivity contribution in [3.05, 3.63) is 69.5 Å². The minimum Gasteiger partial charge on any atom is -0.466 e. The van der Waals surface area contributed by atoms with Gasteiger partial charge in [0.25, 0.3) is 6.47 Å². The summed E-state index contributed by atoms with van der Waals surface area (Å²) in [5.41, 5.74) is 0.573. The lowest BCUT2D eigenvalue weighted by molar-refractivity contribution is -0.138. The van der Waals surface area contributed by atoms with E-state index in [9.17, 15) is 22.8 Å². The number of carbonyl (C=O) groups excluding carboxylic acids is 2. The smallest absolute Gasteiger partial charge is 0.416 e. The van der Waals surface area contributed by atoms with Gasteiger partial charge in [0.15, 0.2) is 0 Å². The van der Waals surface area contributed by atoms with Gasteiger partial charge < -0.3 is 14.3 Å². The maximum absolute atomic E-state index is 13.1. The van der Waals surface area contributed by atoms with E-state index in [0.717, 1.165) is 38.1 Å². The van der Waals surface area contributed by atoms with Crippen LogP contribution < -0.4 is 0 Å². The van der Waals surface area contributed by atoms with Crippen molar-refractivity contribution in [1.82, 2.24) is 9.80 Å². The summed E-state index contributed by atoms with van der Waals surface area (Å²) >= 11 is 0. The number of likely N-dealkylation sites (N-methyl/N-ethyl adjacent to an activating group) is 1. The second-order valence-corrected chi connectivity index (χ2v) is 7.81. The van der Waals surface area contributed by atoms with Crippen molar-refractivity contribution in [2.75, 3.05) is 40.4 Å². The number of hydrogen-bond donors (Lipinski definition) is 0. The van der Waals surface area contributed by atoms with Crippen LogP contribution >= 0.6 is 12.4 Å². The molecule has 2 aliphatic heterocycles. The van der Waals surface area contributed by atoms with E-state index in [1.807, 2.05) is 0 Å². The molecule has 0 bridgehead atoms. The van der Waals surface area contributed by atoms with Crippen LogP contribution in [0.25, 0.3) is 4.85 Å². The number of benzene rings is 1. The Morgan fingerprint density at radius 1 is 1.24 bits per heavy atom. The molecule has 2 heterocycles. The van der Waals surface area contributed by atoms with Crippen LogP contribution in [-0.4, -0.2) is 62.6 Å². The van der Waals surface area contributed by atoms with E-state index < -0.39 is 23.6 Å². The van der Waals surface area contributed by atoms with Crippen LogP contribution in [0.1, 0.15) is 29.9 Å². The predicted octanol–water partition coefficient (Wildman–Crippen LogP) is 3.98. The van der Waals surface area contributed by atoms with Crippen molar-refractivity contribution in [1.29, 1.82) is 0 Å². The normalized spacial score (nSPS) is 18.9. The maximum atomic E-state index is 13.1. The molecule has 0 amide bonds.